The minimum absolute atomic E-state index is 0.341. The summed E-state index contributed by atoms with van der Waals surface area (Å²) >= 11 is 6.05. The van der Waals surface area contributed by atoms with Gasteiger partial charge in [0.2, 0.25) is 5.91 Å². The monoisotopic (exact) mass is 401 g/mol. The molecule has 3 rings (SSSR count). The highest BCUT2D eigenvalue weighted by molar-refractivity contribution is 6.32. The van der Waals surface area contributed by atoms with E-state index in [0.717, 1.165) is 10.5 Å². The Bertz CT molecular complexity index is 930. The Labute approximate surface area is 167 Å². The fraction of sp³-hybridized carbons (Fsp3) is 0.250. The van der Waals surface area contributed by atoms with Crippen molar-refractivity contribution in [3.05, 3.63) is 53.1 Å². The Morgan fingerprint density at radius 3 is 2.46 bits per heavy atom. The van der Waals surface area contributed by atoms with E-state index in [1.54, 1.807) is 31.2 Å². The number of urea groups is 1. The fourth-order valence-electron chi connectivity index (χ4n) is 3.00. The summed E-state index contributed by atoms with van der Waals surface area (Å²) in [6.45, 7) is 3.20. The second kappa shape index (κ2) is 7.90. The molecule has 1 aliphatic heterocycles. The number of rotatable bonds is 5. The lowest BCUT2D eigenvalue weighted by molar-refractivity contribution is -0.130. The number of carbonyl (C=O) groups excluding carboxylic acids is 3. The maximum atomic E-state index is 12.8. The molecule has 1 atom stereocenters. The molecule has 0 bridgehead atoms. The number of halogens is 1. The van der Waals surface area contributed by atoms with Gasteiger partial charge in [-0.3, -0.25) is 19.4 Å². The minimum atomic E-state index is -0.682. The van der Waals surface area contributed by atoms with E-state index in [2.05, 4.69) is 5.32 Å². The zero-order valence-corrected chi connectivity index (χ0v) is 16.5. The fourth-order valence-corrected chi connectivity index (χ4v) is 3.26. The number of methoxy groups -OCH3 is 1. The van der Waals surface area contributed by atoms with E-state index >= 15 is 0 Å². The summed E-state index contributed by atoms with van der Waals surface area (Å²) in [5.74, 6) is -0.443. The molecule has 2 aromatic rings. The molecule has 0 aromatic heterocycles. The van der Waals surface area contributed by atoms with Crippen molar-refractivity contribution in [2.75, 3.05) is 23.9 Å². The Balaban J connectivity index is 1.72. The first-order chi connectivity index (χ1) is 13.3. The molecule has 1 fully saturated rings. The summed E-state index contributed by atoms with van der Waals surface area (Å²) in [5.41, 5.74) is 2.10. The van der Waals surface area contributed by atoms with Crippen molar-refractivity contribution in [1.29, 1.82) is 0 Å². The molecule has 8 heteroatoms. The van der Waals surface area contributed by atoms with E-state index in [9.17, 15) is 14.4 Å². The third-order valence-electron chi connectivity index (χ3n) is 4.50. The van der Waals surface area contributed by atoms with Crippen LogP contribution in [0.4, 0.5) is 16.2 Å². The van der Waals surface area contributed by atoms with Crippen LogP contribution in [0.25, 0.3) is 0 Å². The maximum Gasteiger partial charge on any atom is 0.332 e. The number of nitrogens with zero attached hydrogens (tertiary/aromatic N) is 2. The lowest BCUT2D eigenvalue weighted by atomic mass is 10.2. The number of nitrogens with one attached hydrogen (secondary N) is 1. The van der Waals surface area contributed by atoms with Gasteiger partial charge in [-0.25, -0.2) is 4.79 Å². The van der Waals surface area contributed by atoms with E-state index in [4.69, 9.17) is 16.3 Å². The largest absolute Gasteiger partial charge is 0.495 e. The lowest BCUT2D eigenvalue weighted by Gasteiger charge is -2.19. The number of hydrogen-bond donors (Lipinski definition) is 1. The third kappa shape index (κ3) is 3.80. The third-order valence-corrected chi connectivity index (χ3v) is 4.79. The predicted molar refractivity (Wildman–Crippen MR) is 107 cm³/mol. The standard InChI is InChI=1S/C20H20ClN3O4/c1-12-4-7-15(8-5-12)24-13(2)19(26)23(20(24)27)11-18(25)22-14-6-9-17(28-3)16(21)10-14/h4-10,13H,11H2,1-3H3,(H,22,25)/t13-/m1/s1. The quantitative estimate of drug-likeness (QED) is 0.778. The summed E-state index contributed by atoms with van der Waals surface area (Å²) in [6.07, 6.45) is 0. The van der Waals surface area contributed by atoms with Gasteiger partial charge >= 0.3 is 6.03 Å². The molecule has 7 nitrogen and oxygen atoms in total. The summed E-state index contributed by atoms with van der Waals surface area (Å²) in [5, 5.41) is 2.98. The molecular formula is C20H20ClN3O4. The summed E-state index contributed by atoms with van der Waals surface area (Å²) in [7, 11) is 1.49. The SMILES string of the molecule is COc1ccc(NC(=O)CN2C(=O)[C@@H](C)N(c3ccc(C)cc3)C2=O)cc1Cl. The second-order valence-electron chi connectivity index (χ2n) is 6.49. The van der Waals surface area contributed by atoms with Crippen LogP contribution in [0.2, 0.25) is 5.02 Å². The number of imide groups is 1. The summed E-state index contributed by atoms with van der Waals surface area (Å²) in [4.78, 5) is 40.0. The molecule has 28 heavy (non-hydrogen) atoms. The van der Waals surface area contributed by atoms with Gasteiger partial charge in [0.1, 0.15) is 18.3 Å². The van der Waals surface area contributed by atoms with Crippen LogP contribution in [0.5, 0.6) is 5.75 Å². The van der Waals surface area contributed by atoms with Crippen LogP contribution in [-0.4, -0.2) is 42.4 Å². The summed E-state index contributed by atoms with van der Waals surface area (Å²) < 4.78 is 5.07. The van der Waals surface area contributed by atoms with Crippen LogP contribution in [0.15, 0.2) is 42.5 Å². The molecule has 1 saturated heterocycles. The maximum absolute atomic E-state index is 12.8. The van der Waals surface area contributed by atoms with Gasteiger partial charge in [0.15, 0.2) is 0 Å². The Morgan fingerprint density at radius 1 is 1.18 bits per heavy atom. The van der Waals surface area contributed by atoms with E-state index in [1.807, 2.05) is 19.1 Å². The molecule has 4 amide bonds. The molecule has 1 heterocycles. The predicted octanol–water partition coefficient (Wildman–Crippen LogP) is 3.45. The van der Waals surface area contributed by atoms with Gasteiger partial charge in [-0.05, 0) is 44.2 Å². The van der Waals surface area contributed by atoms with Crippen molar-refractivity contribution in [3.8, 4) is 5.75 Å². The molecule has 1 N–H and O–H groups in total. The van der Waals surface area contributed by atoms with Crippen LogP contribution >= 0.6 is 11.6 Å². The van der Waals surface area contributed by atoms with Crippen LogP contribution in [-0.2, 0) is 9.59 Å². The van der Waals surface area contributed by atoms with Crippen molar-refractivity contribution in [3.63, 3.8) is 0 Å². The van der Waals surface area contributed by atoms with Gasteiger partial charge in [-0.15, -0.1) is 0 Å². The van der Waals surface area contributed by atoms with Gasteiger partial charge in [-0.2, -0.15) is 0 Å². The Hall–Kier alpha value is -3.06. The van der Waals surface area contributed by atoms with Crippen molar-refractivity contribution < 1.29 is 19.1 Å². The minimum Gasteiger partial charge on any atom is -0.495 e. The van der Waals surface area contributed by atoms with Gasteiger partial charge in [-0.1, -0.05) is 29.3 Å². The average molecular weight is 402 g/mol. The van der Waals surface area contributed by atoms with E-state index in [0.29, 0.717) is 22.1 Å². The van der Waals surface area contributed by atoms with E-state index in [1.165, 1.54) is 18.1 Å². The van der Waals surface area contributed by atoms with Crippen molar-refractivity contribution in [2.24, 2.45) is 0 Å². The van der Waals surface area contributed by atoms with Gasteiger partial charge in [0.25, 0.3) is 5.91 Å². The van der Waals surface area contributed by atoms with Crippen LogP contribution in [0.1, 0.15) is 12.5 Å². The van der Waals surface area contributed by atoms with E-state index in [-0.39, 0.29) is 6.54 Å². The number of aryl methyl sites for hydroxylation is 1. The lowest BCUT2D eigenvalue weighted by Crippen LogP contribution is -2.39. The first kappa shape index (κ1) is 19.7. The van der Waals surface area contributed by atoms with Crippen LogP contribution < -0.4 is 15.0 Å². The topological polar surface area (TPSA) is 79.0 Å². The molecule has 0 spiro atoms. The number of anilines is 2. The van der Waals surface area contributed by atoms with Gasteiger partial charge < -0.3 is 10.1 Å². The number of benzene rings is 2. The molecule has 1 aliphatic rings. The number of amides is 4. The molecular weight excluding hydrogens is 382 g/mol. The zero-order chi connectivity index (χ0) is 20.4. The van der Waals surface area contributed by atoms with Crippen molar-refractivity contribution in [2.45, 2.75) is 19.9 Å². The Morgan fingerprint density at radius 2 is 1.86 bits per heavy atom. The van der Waals surface area contributed by atoms with Crippen LogP contribution in [0.3, 0.4) is 0 Å². The molecule has 146 valence electrons. The number of carbonyl (C=O) groups is 3. The summed E-state index contributed by atoms with van der Waals surface area (Å²) in [6, 6.07) is 10.9. The first-order valence-electron chi connectivity index (χ1n) is 8.66. The highest BCUT2D eigenvalue weighted by Crippen LogP contribution is 2.28. The van der Waals surface area contributed by atoms with Crippen LogP contribution in [0, 0.1) is 6.92 Å². The number of hydrogen-bond acceptors (Lipinski definition) is 4. The van der Waals surface area contributed by atoms with Crippen molar-refractivity contribution >= 4 is 40.8 Å². The smallest absolute Gasteiger partial charge is 0.332 e. The molecule has 2 aromatic carbocycles. The van der Waals surface area contributed by atoms with Gasteiger partial charge in [0, 0.05) is 11.4 Å². The highest BCUT2D eigenvalue weighted by Gasteiger charge is 2.44. The Kier molecular flexibility index (Phi) is 5.56. The first-order valence-corrected chi connectivity index (χ1v) is 9.04. The average Bonchev–Trinajstić information content (AvgIpc) is 2.86. The molecule has 0 unspecified atom stereocenters. The second-order valence-corrected chi connectivity index (χ2v) is 6.89. The number of ether oxygens (including phenoxy) is 1. The van der Waals surface area contributed by atoms with E-state index < -0.39 is 23.9 Å². The molecule has 0 radical (unpaired) electrons. The molecule has 0 aliphatic carbocycles. The zero-order valence-electron chi connectivity index (χ0n) is 15.7. The molecule has 0 saturated carbocycles. The normalized spacial score (nSPS) is 16.5. The highest BCUT2D eigenvalue weighted by atomic mass is 35.5. The van der Waals surface area contributed by atoms with Crippen molar-refractivity contribution in [1.82, 2.24) is 4.90 Å². The van der Waals surface area contributed by atoms with Gasteiger partial charge in [0.05, 0.1) is 12.1 Å².